The van der Waals surface area contributed by atoms with Crippen molar-refractivity contribution in [1.82, 2.24) is 5.32 Å². The molecule has 0 aromatic heterocycles. The third-order valence-corrected chi connectivity index (χ3v) is 6.89. The van der Waals surface area contributed by atoms with Gasteiger partial charge in [0.1, 0.15) is 5.82 Å². The number of carbonyl (C=O) groups is 1. The molecule has 0 radical (unpaired) electrons. The molecule has 0 saturated carbocycles. The van der Waals surface area contributed by atoms with Crippen molar-refractivity contribution in [2.24, 2.45) is 5.41 Å². The predicted octanol–water partition coefficient (Wildman–Crippen LogP) is 6.23. The van der Waals surface area contributed by atoms with Crippen molar-refractivity contribution < 1.29 is 14.3 Å². The second-order valence-corrected chi connectivity index (χ2v) is 8.68. The van der Waals surface area contributed by atoms with Crippen molar-refractivity contribution in [2.75, 3.05) is 0 Å². The molecule has 3 rings (SSSR count). The maximum atomic E-state index is 13.8. The summed E-state index contributed by atoms with van der Waals surface area (Å²) in [5, 5.41) is 24.3. The Morgan fingerprint density at radius 2 is 1.94 bits per heavy atom. The quantitative estimate of drug-likeness (QED) is 0.496. The van der Waals surface area contributed by atoms with Gasteiger partial charge in [0, 0.05) is 22.7 Å². The number of hydrogen-bond acceptors (Lipinski definition) is 3. The summed E-state index contributed by atoms with van der Waals surface area (Å²) in [7, 11) is 0. The van der Waals surface area contributed by atoms with Crippen LogP contribution in [-0.2, 0) is 11.2 Å². The molecule has 2 aromatic rings. The van der Waals surface area contributed by atoms with E-state index in [-0.39, 0.29) is 11.1 Å². The maximum Gasteiger partial charge on any atom is 0.312 e. The summed E-state index contributed by atoms with van der Waals surface area (Å²) in [4.78, 5) is 12.8. The molecular weight excluding hydrogens is 427 g/mol. The molecule has 0 fully saturated rings. The van der Waals surface area contributed by atoms with Crippen LogP contribution in [0.15, 0.2) is 59.8 Å². The second-order valence-electron chi connectivity index (χ2n) is 8.27. The van der Waals surface area contributed by atoms with E-state index in [0.717, 1.165) is 17.7 Å². The fraction of sp³-hybridized carbons (Fsp3) is 0.385. The van der Waals surface area contributed by atoms with E-state index >= 15 is 0 Å². The molecule has 32 heavy (non-hydrogen) atoms. The van der Waals surface area contributed by atoms with Crippen molar-refractivity contribution in [3.8, 4) is 6.07 Å². The number of benzene rings is 2. The van der Waals surface area contributed by atoms with Crippen LogP contribution in [0.25, 0.3) is 0 Å². The number of hydrogen-bond donors (Lipinski definition) is 2. The SMILES string of the molecule is CCCC1NC(CCc2ccccc2)=C(C#N)C(c2ccc(F)cc2Cl)C1(CC)C(=O)O. The summed E-state index contributed by atoms with van der Waals surface area (Å²) < 4.78 is 13.8. The first-order valence-corrected chi connectivity index (χ1v) is 11.4. The highest BCUT2D eigenvalue weighted by Crippen LogP contribution is 2.53. The van der Waals surface area contributed by atoms with Gasteiger partial charge < -0.3 is 10.4 Å². The molecule has 1 heterocycles. The van der Waals surface area contributed by atoms with Crippen LogP contribution >= 0.6 is 11.6 Å². The number of allylic oxidation sites excluding steroid dienone is 2. The molecule has 6 heteroatoms. The largest absolute Gasteiger partial charge is 0.481 e. The highest BCUT2D eigenvalue weighted by molar-refractivity contribution is 6.31. The predicted molar refractivity (Wildman–Crippen MR) is 124 cm³/mol. The molecule has 2 aromatic carbocycles. The van der Waals surface area contributed by atoms with Gasteiger partial charge in [0.25, 0.3) is 0 Å². The van der Waals surface area contributed by atoms with Gasteiger partial charge in [-0.2, -0.15) is 5.26 Å². The average molecular weight is 455 g/mol. The van der Waals surface area contributed by atoms with Crippen molar-refractivity contribution in [1.29, 1.82) is 5.26 Å². The van der Waals surface area contributed by atoms with E-state index in [2.05, 4.69) is 11.4 Å². The molecule has 1 aliphatic rings. The van der Waals surface area contributed by atoms with Gasteiger partial charge in [0.05, 0.1) is 17.1 Å². The minimum Gasteiger partial charge on any atom is -0.481 e. The molecule has 3 unspecified atom stereocenters. The second kappa shape index (κ2) is 10.2. The Balaban J connectivity index is 2.20. The van der Waals surface area contributed by atoms with E-state index in [9.17, 15) is 19.6 Å². The number of nitriles is 1. The fourth-order valence-corrected chi connectivity index (χ4v) is 5.24. The number of nitrogens with one attached hydrogen (secondary N) is 1. The number of carboxylic acids is 1. The highest BCUT2D eigenvalue weighted by Gasteiger charge is 2.56. The monoisotopic (exact) mass is 454 g/mol. The van der Waals surface area contributed by atoms with Crippen LogP contribution in [0.1, 0.15) is 56.6 Å². The molecule has 0 spiro atoms. The lowest BCUT2D eigenvalue weighted by atomic mass is 9.59. The molecule has 0 aliphatic carbocycles. The van der Waals surface area contributed by atoms with E-state index in [1.54, 1.807) is 0 Å². The topological polar surface area (TPSA) is 73.1 Å². The van der Waals surface area contributed by atoms with Crippen LogP contribution < -0.4 is 5.32 Å². The van der Waals surface area contributed by atoms with Crippen LogP contribution in [-0.4, -0.2) is 17.1 Å². The van der Waals surface area contributed by atoms with Crippen LogP contribution in [0, 0.1) is 22.6 Å². The molecule has 0 saturated heterocycles. The van der Waals surface area contributed by atoms with E-state index < -0.39 is 23.1 Å². The lowest BCUT2D eigenvalue weighted by Crippen LogP contribution is -2.57. The van der Waals surface area contributed by atoms with Crippen LogP contribution in [0.5, 0.6) is 0 Å². The van der Waals surface area contributed by atoms with E-state index in [1.807, 2.05) is 44.2 Å². The summed E-state index contributed by atoms with van der Waals surface area (Å²) in [6.45, 7) is 3.84. The third-order valence-electron chi connectivity index (χ3n) is 6.56. The van der Waals surface area contributed by atoms with Crippen LogP contribution in [0.3, 0.4) is 0 Å². The van der Waals surface area contributed by atoms with Gasteiger partial charge in [-0.3, -0.25) is 4.79 Å². The Morgan fingerprint density at radius 3 is 2.50 bits per heavy atom. The number of halogens is 2. The van der Waals surface area contributed by atoms with Gasteiger partial charge in [0.2, 0.25) is 0 Å². The van der Waals surface area contributed by atoms with Crippen molar-refractivity contribution in [3.05, 3.63) is 81.8 Å². The Labute approximate surface area is 193 Å². The zero-order valence-electron chi connectivity index (χ0n) is 18.4. The highest BCUT2D eigenvalue weighted by atomic mass is 35.5. The van der Waals surface area contributed by atoms with Gasteiger partial charge in [0.15, 0.2) is 0 Å². The zero-order chi connectivity index (χ0) is 23.3. The van der Waals surface area contributed by atoms with Gasteiger partial charge >= 0.3 is 5.97 Å². The molecule has 1 aliphatic heterocycles. The Kier molecular flexibility index (Phi) is 7.58. The Bertz CT molecular complexity index is 1050. The van der Waals surface area contributed by atoms with E-state index in [0.29, 0.717) is 36.8 Å². The van der Waals surface area contributed by atoms with Crippen molar-refractivity contribution in [3.63, 3.8) is 0 Å². The van der Waals surface area contributed by atoms with Crippen LogP contribution in [0.2, 0.25) is 5.02 Å². The molecule has 0 amide bonds. The molecule has 168 valence electrons. The summed E-state index contributed by atoms with van der Waals surface area (Å²) >= 11 is 6.43. The van der Waals surface area contributed by atoms with Gasteiger partial charge in [-0.1, -0.05) is 68.3 Å². The minimum absolute atomic E-state index is 0.140. The normalized spacial score (nSPS) is 22.8. The van der Waals surface area contributed by atoms with Gasteiger partial charge in [-0.25, -0.2) is 4.39 Å². The number of carboxylic acid groups (broad SMARTS) is 1. The molecule has 4 nitrogen and oxygen atoms in total. The van der Waals surface area contributed by atoms with E-state index in [1.165, 1.54) is 18.2 Å². The van der Waals surface area contributed by atoms with Crippen molar-refractivity contribution >= 4 is 17.6 Å². The third kappa shape index (κ3) is 4.38. The van der Waals surface area contributed by atoms with Gasteiger partial charge in [-0.05, 0) is 48.9 Å². The fourth-order valence-electron chi connectivity index (χ4n) is 4.96. The van der Waals surface area contributed by atoms with Crippen molar-refractivity contribution in [2.45, 2.75) is 57.9 Å². The molecule has 2 N–H and O–H groups in total. The number of rotatable bonds is 8. The summed E-state index contributed by atoms with van der Waals surface area (Å²) in [6.07, 6.45) is 2.99. The summed E-state index contributed by atoms with van der Waals surface area (Å²) in [5.74, 6) is -2.25. The first-order valence-electron chi connectivity index (χ1n) is 11.0. The first-order chi connectivity index (χ1) is 15.4. The lowest BCUT2D eigenvalue weighted by molar-refractivity contribution is -0.153. The zero-order valence-corrected chi connectivity index (χ0v) is 19.1. The number of nitrogens with zero attached hydrogens (tertiary/aromatic N) is 1. The first kappa shape index (κ1) is 23.8. The molecule has 0 bridgehead atoms. The lowest BCUT2D eigenvalue weighted by Gasteiger charge is -2.48. The molecular formula is C26H28ClFN2O2. The van der Waals surface area contributed by atoms with Gasteiger partial charge in [-0.15, -0.1) is 0 Å². The number of aliphatic carboxylic acids is 1. The number of aryl methyl sites for hydroxylation is 1. The Hall–Kier alpha value is -2.84. The average Bonchev–Trinajstić information content (AvgIpc) is 2.78. The summed E-state index contributed by atoms with van der Waals surface area (Å²) in [6, 6.07) is 15.8. The smallest absolute Gasteiger partial charge is 0.312 e. The summed E-state index contributed by atoms with van der Waals surface area (Å²) in [5.41, 5.74) is 1.44. The minimum atomic E-state index is -1.28. The standard InChI is InChI=1S/C26H28ClFN2O2/c1-3-8-23-26(4-2,25(31)32)24(19-13-12-18(28)15-21(19)27)20(16-29)22(30-23)14-11-17-9-6-5-7-10-17/h5-7,9-10,12-13,15,23-24,30H,3-4,8,11,14H2,1-2H3,(H,31,32). The maximum absolute atomic E-state index is 13.8. The Morgan fingerprint density at radius 1 is 1.22 bits per heavy atom. The van der Waals surface area contributed by atoms with Crippen LogP contribution in [0.4, 0.5) is 4.39 Å². The van der Waals surface area contributed by atoms with E-state index in [4.69, 9.17) is 11.6 Å². The molecule has 3 atom stereocenters.